The molecule has 2 heteroatoms. The van der Waals surface area contributed by atoms with Crippen molar-refractivity contribution in [1.82, 2.24) is 0 Å². The number of methoxy groups -OCH3 is 1. The van der Waals surface area contributed by atoms with E-state index in [0.717, 1.165) is 5.56 Å². The Morgan fingerprint density at radius 3 is 2.70 bits per heavy atom. The first-order valence-electron chi connectivity index (χ1n) is 2.99. The van der Waals surface area contributed by atoms with Gasteiger partial charge in [-0.05, 0) is 24.6 Å². The van der Waals surface area contributed by atoms with Crippen LogP contribution in [0.25, 0.3) is 0 Å². The molecule has 1 radical (unpaired) electrons. The number of anilines is 1. The summed E-state index contributed by atoms with van der Waals surface area (Å²) in [7, 11) is 1.59. The van der Waals surface area contributed by atoms with Crippen molar-refractivity contribution in [2.75, 3.05) is 12.8 Å². The highest BCUT2D eigenvalue weighted by atomic mass is 16.5. The number of hydrogen-bond acceptors (Lipinski definition) is 2. The summed E-state index contributed by atoms with van der Waals surface area (Å²) in [5, 5.41) is 0. The molecule has 2 N–H and O–H groups in total. The van der Waals surface area contributed by atoms with Gasteiger partial charge in [-0.3, -0.25) is 0 Å². The average molecular weight is 136 g/mol. The van der Waals surface area contributed by atoms with Crippen molar-refractivity contribution in [2.24, 2.45) is 0 Å². The predicted molar refractivity (Wildman–Crippen MR) is 41.9 cm³/mol. The van der Waals surface area contributed by atoms with E-state index >= 15 is 0 Å². The highest BCUT2D eigenvalue weighted by Crippen LogP contribution is 2.20. The van der Waals surface area contributed by atoms with Gasteiger partial charge in [-0.15, -0.1) is 0 Å². The van der Waals surface area contributed by atoms with Crippen LogP contribution >= 0.6 is 0 Å². The van der Waals surface area contributed by atoms with E-state index in [1.165, 1.54) is 0 Å². The number of nitrogens with two attached hydrogens (primary N) is 1. The fourth-order valence-corrected chi connectivity index (χ4v) is 0.784. The molecule has 53 valence electrons. The van der Waals surface area contributed by atoms with Gasteiger partial charge in [0.05, 0.1) is 12.8 Å². The Labute approximate surface area is 60.6 Å². The molecular weight excluding hydrogens is 126 g/mol. The zero-order valence-corrected chi connectivity index (χ0v) is 5.92. The van der Waals surface area contributed by atoms with Crippen molar-refractivity contribution in [3.05, 3.63) is 30.7 Å². The molecule has 0 aliphatic carbocycles. The minimum Gasteiger partial charge on any atom is -0.495 e. The Balaban J connectivity index is 3.07. The molecule has 0 fully saturated rings. The topological polar surface area (TPSA) is 35.2 Å². The van der Waals surface area contributed by atoms with E-state index in [0.29, 0.717) is 11.4 Å². The van der Waals surface area contributed by atoms with Crippen LogP contribution < -0.4 is 10.5 Å². The number of ether oxygens (including phenoxy) is 1. The monoisotopic (exact) mass is 136 g/mol. The van der Waals surface area contributed by atoms with Crippen LogP contribution in [0.5, 0.6) is 5.75 Å². The van der Waals surface area contributed by atoms with Crippen LogP contribution in [0.3, 0.4) is 0 Å². The summed E-state index contributed by atoms with van der Waals surface area (Å²) in [5.41, 5.74) is 7.10. The second-order valence-electron chi connectivity index (χ2n) is 2.08. The number of rotatable bonds is 1. The quantitative estimate of drug-likeness (QED) is 0.593. The van der Waals surface area contributed by atoms with Crippen LogP contribution in [0, 0.1) is 6.92 Å². The molecule has 1 aromatic rings. The maximum atomic E-state index is 5.57. The van der Waals surface area contributed by atoms with E-state index in [1.54, 1.807) is 19.2 Å². The molecule has 0 unspecified atom stereocenters. The molecule has 0 atom stereocenters. The lowest BCUT2D eigenvalue weighted by Gasteiger charge is -2.03. The third-order valence-corrected chi connectivity index (χ3v) is 1.29. The van der Waals surface area contributed by atoms with Crippen LogP contribution in [-0.4, -0.2) is 7.11 Å². The fraction of sp³-hybridized carbons (Fsp3) is 0.125. The third-order valence-electron chi connectivity index (χ3n) is 1.29. The maximum absolute atomic E-state index is 5.57. The normalized spacial score (nSPS) is 9.40. The summed E-state index contributed by atoms with van der Waals surface area (Å²) in [6.45, 7) is 3.72. The van der Waals surface area contributed by atoms with Crippen LogP contribution in [0.1, 0.15) is 5.56 Å². The molecule has 0 heterocycles. The van der Waals surface area contributed by atoms with Gasteiger partial charge in [0.2, 0.25) is 0 Å². The number of hydrogen-bond donors (Lipinski definition) is 1. The van der Waals surface area contributed by atoms with E-state index in [2.05, 4.69) is 6.92 Å². The molecule has 0 bridgehead atoms. The Bertz CT molecular complexity index is 233. The SMILES string of the molecule is [CH2]c1ccc(OC)c(N)c1. The first kappa shape index (κ1) is 6.93. The van der Waals surface area contributed by atoms with Crippen molar-refractivity contribution in [3.63, 3.8) is 0 Å². The standard InChI is InChI=1S/C8H10NO/c1-6-3-4-8(10-2)7(9)5-6/h3-5H,1,9H2,2H3. The zero-order valence-electron chi connectivity index (χ0n) is 5.92. The summed E-state index contributed by atoms with van der Waals surface area (Å²) in [4.78, 5) is 0. The molecule has 0 aliphatic heterocycles. The Hall–Kier alpha value is -1.18. The van der Waals surface area contributed by atoms with E-state index in [4.69, 9.17) is 10.5 Å². The molecule has 0 aromatic heterocycles. The van der Waals surface area contributed by atoms with Gasteiger partial charge in [0.15, 0.2) is 0 Å². The van der Waals surface area contributed by atoms with Crippen LogP contribution in [0.4, 0.5) is 5.69 Å². The van der Waals surface area contributed by atoms with Crippen molar-refractivity contribution >= 4 is 5.69 Å². The Morgan fingerprint density at radius 2 is 2.20 bits per heavy atom. The van der Waals surface area contributed by atoms with Gasteiger partial charge < -0.3 is 10.5 Å². The van der Waals surface area contributed by atoms with E-state index in [9.17, 15) is 0 Å². The molecule has 0 saturated heterocycles. The van der Waals surface area contributed by atoms with Gasteiger partial charge in [-0.2, -0.15) is 0 Å². The number of benzene rings is 1. The smallest absolute Gasteiger partial charge is 0.141 e. The molecule has 1 rings (SSSR count). The van der Waals surface area contributed by atoms with Gasteiger partial charge in [0.1, 0.15) is 5.75 Å². The van der Waals surface area contributed by atoms with Crippen molar-refractivity contribution < 1.29 is 4.74 Å². The summed E-state index contributed by atoms with van der Waals surface area (Å²) in [6.07, 6.45) is 0. The fourth-order valence-electron chi connectivity index (χ4n) is 0.784. The van der Waals surface area contributed by atoms with Gasteiger partial charge in [-0.25, -0.2) is 0 Å². The number of nitrogen functional groups attached to an aromatic ring is 1. The summed E-state index contributed by atoms with van der Waals surface area (Å²) in [5.74, 6) is 0.701. The van der Waals surface area contributed by atoms with E-state index in [-0.39, 0.29) is 0 Å². The van der Waals surface area contributed by atoms with Crippen molar-refractivity contribution in [2.45, 2.75) is 0 Å². The van der Waals surface area contributed by atoms with Crippen LogP contribution in [-0.2, 0) is 0 Å². The third kappa shape index (κ3) is 1.21. The summed E-state index contributed by atoms with van der Waals surface area (Å²) in [6, 6.07) is 5.44. The molecule has 0 saturated carbocycles. The van der Waals surface area contributed by atoms with Crippen molar-refractivity contribution in [1.29, 1.82) is 0 Å². The predicted octanol–water partition coefficient (Wildman–Crippen LogP) is 1.46. The molecular formula is C8H10NO. The van der Waals surface area contributed by atoms with Gasteiger partial charge in [0, 0.05) is 0 Å². The van der Waals surface area contributed by atoms with Gasteiger partial charge >= 0.3 is 0 Å². The largest absolute Gasteiger partial charge is 0.495 e. The zero-order chi connectivity index (χ0) is 7.56. The Kier molecular flexibility index (Phi) is 1.81. The first-order valence-corrected chi connectivity index (χ1v) is 2.99. The summed E-state index contributed by atoms with van der Waals surface area (Å²) >= 11 is 0. The average Bonchev–Trinajstić information content (AvgIpc) is 1.88. The van der Waals surface area contributed by atoms with Gasteiger partial charge in [0.25, 0.3) is 0 Å². The molecule has 0 aliphatic rings. The molecule has 10 heavy (non-hydrogen) atoms. The minimum absolute atomic E-state index is 0.634. The molecule has 0 amide bonds. The van der Waals surface area contributed by atoms with Gasteiger partial charge in [-0.1, -0.05) is 6.07 Å². The van der Waals surface area contributed by atoms with Crippen LogP contribution in [0.15, 0.2) is 18.2 Å². The van der Waals surface area contributed by atoms with E-state index in [1.807, 2.05) is 6.07 Å². The van der Waals surface area contributed by atoms with E-state index < -0.39 is 0 Å². The van der Waals surface area contributed by atoms with Crippen molar-refractivity contribution in [3.8, 4) is 5.75 Å². The van der Waals surface area contributed by atoms with Crippen LogP contribution in [0.2, 0.25) is 0 Å². The molecule has 2 nitrogen and oxygen atoms in total. The maximum Gasteiger partial charge on any atom is 0.141 e. The highest BCUT2D eigenvalue weighted by molar-refractivity contribution is 5.54. The second-order valence-corrected chi connectivity index (χ2v) is 2.08. The first-order chi connectivity index (χ1) is 4.74. The highest BCUT2D eigenvalue weighted by Gasteiger charge is 1.95. The lowest BCUT2D eigenvalue weighted by atomic mass is 10.2. The molecule has 0 spiro atoms. The Morgan fingerprint density at radius 1 is 1.50 bits per heavy atom. The lowest BCUT2D eigenvalue weighted by molar-refractivity contribution is 0.417. The lowest BCUT2D eigenvalue weighted by Crippen LogP contribution is -1.91. The minimum atomic E-state index is 0.634. The summed E-state index contributed by atoms with van der Waals surface area (Å²) < 4.78 is 4.95. The molecule has 1 aromatic carbocycles. The second kappa shape index (κ2) is 2.60.